The third kappa shape index (κ3) is 6.98. The summed E-state index contributed by atoms with van der Waals surface area (Å²) in [7, 11) is 0. The van der Waals surface area contributed by atoms with E-state index in [-0.39, 0.29) is 17.4 Å². The average Bonchev–Trinajstić information content (AvgIpc) is 2.77. The molecule has 0 saturated heterocycles. The molecule has 0 aliphatic carbocycles. The van der Waals surface area contributed by atoms with Gasteiger partial charge in [-0.05, 0) is 63.8 Å². The molecule has 1 N–H and O–H groups in total. The maximum absolute atomic E-state index is 13.4. The van der Waals surface area contributed by atoms with Gasteiger partial charge >= 0.3 is 0 Å². The highest BCUT2D eigenvalue weighted by molar-refractivity contribution is 5.88. The number of nitrogens with one attached hydrogen (secondary N) is 1. The smallest absolute Gasteiger partial charge is 0.243 e. The lowest BCUT2D eigenvalue weighted by atomic mass is 10.0. The lowest BCUT2D eigenvalue weighted by molar-refractivity contribution is -0.142. The van der Waals surface area contributed by atoms with Crippen molar-refractivity contribution in [3.8, 4) is 11.5 Å². The Morgan fingerprint density at radius 3 is 2.27 bits per heavy atom. The Labute approximate surface area is 197 Å². The fourth-order valence-electron chi connectivity index (χ4n) is 3.90. The molecule has 2 aromatic rings. The normalized spacial score (nSPS) is 13.8. The van der Waals surface area contributed by atoms with Gasteiger partial charge in [0.1, 0.15) is 19.3 Å². The Morgan fingerprint density at radius 1 is 1.00 bits per heavy atom. The summed E-state index contributed by atoms with van der Waals surface area (Å²) in [6.45, 7) is 11.3. The summed E-state index contributed by atoms with van der Waals surface area (Å²) >= 11 is 0. The molecule has 6 nitrogen and oxygen atoms in total. The van der Waals surface area contributed by atoms with E-state index in [0.717, 1.165) is 28.2 Å². The van der Waals surface area contributed by atoms with E-state index in [1.54, 1.807) is 4.90 Å². The minimum Gasteiger partial charge on any atom is -0.486 e. The molecule has 1 unspecified atom stereocenters. The lowest BCUT2D eigenvalue weighted by Crippen LogP contribution is -2.53. The van der Waals surface area contributed by atoms with Crippen molar-refractivity contribution in [2.45, 2.75) is 72.0 Å². The molecule has 0 fully saturated rings. The number of ether oxygens (including phenoxy) is 2. The number of aryl methyl sites for hydroxylation is 2. The van der Waals surface area contributed by atoms with Crippen LogP contribution in [0.5, 0.6) is 11.5 Å². The summed E-state index contributed by atoms with van der Waals surface area (Å²) in [6.07, 6.45) is 1.42. The fourth-order valence-corrected chi connectivity index (χ4v) is 3.90. The van der Waals surface area contributed by atoms with E-state index in [1.165, 1.54) is 0 Å². The molecule has 1 heterocycles. The third-order valence-corrected chi connectivity index (χ3v) is 5.59. The monoisotopic (exact) mass is 452 g/mol. The number of benzene rings is 2. The maximum atomic E-state index is 13.4. The molecular weight excluding hydrogens is 416 g/mol. The number of rotatable bonds is 8. The van der Waals surface area contributed by atoms with Crippen LogP contribution in [0.25, 0.3) is 0 Å². The van der Waals surface area contributed by atoms with Crippen LogP contribution >= 0.6 is 0 Å². The van der Waals surface area contributed by atoms with Crippen molar-refractivity contribution >= 4 is 11.8 Å². The van der Waals surface area contributed by atoms with Crippen molar-refractivity contribution in [3.05, 3.63) is 59.2 Å². The molecule has 178 valence electrons. The van der Waals surface area contributed by atoms with Crippen molar-refractivity contribution < 1.29 is 19.1 Å². The zero-order valence-electron chi connectivity index (χ0n) is 20.4. The van der Waals surface area contributed by atoms with Crippen LogP contribution in [-0.4, -0.2) is 41.5 Å². The number of carbonyl (C=O) groups excluding carboxylic acids is 2. The zero-order chi connectivity index (χ0) is 24.0. The van der Waals surface area contributed by atoms with Crippen molar-refractivity contribution in [1.29, 1.82) is 0 Å². The topological polar surface area (TPSA) is 67.9 Å². The van der Waals surface area contributed by atoms with E-state index in [2.05, 4.69) is 5.32 Å². The molecule has 0 saturated carbocycles. The van der Waals surface area contributed by atoms with E-state index in [0.29, 0.717) is 39.0 Å². The predicted octanol–water partition coefficient (Wildman–Crippen LogP) is 4.42. The average molecular weight is 453 g/mol. The van der Waals surface area contributed by atoms with Gasteiger partial charge in [0.25, 0.3) is 0 Å². The molecule has 0 bridgehead atoms. The highest BCUT2D eigenvalue weighted by Gasteiger charge is 2.30. The van der Waals surface area contributed by atoms with Gasteiger partial charge in [-0.25, -0.2) is 0 Å². The van der Waals surface area contributed by atoms with Crippen LogP contribution in [0.3, 0.4) is 0 Å². The summed E-state index contributed by atoms with van der Waals surface area (Å²) in [5.41, 5.74) is 2.81. The van der Waals surface area contributed by atoms with Crippen molar-refractivity contribution in [2.24, 2.45) is 0 Å². The zero-order valence-corrected chi connectivity index (χ0v) is 20.4. The Hall–Kier alpha value is -3.02. The largest absolute Gasteiger partial charge is 0.486 e. The predicted molar refractivity (Wildman–Crippen MR) is 129 cm³/mol. The molecule has 2 aromatic carbocycles. The number of hydrogen-bond donors (Lipinski definition) is 1. The number of amides is 2. The molecule has 0 aromatic heterocycles. The van der Waals surface area contributed by atoms with Gasteiger partial charge in [0.2, 0.25) is 11.8 Å². The Morgan fingerprint density at radius 2 is 1.64 bits per heavy atom. The van der Waals surface area contributed by atoms with Crippen molar-refractivity contribution in [3.63, 3.8) is 0 Å². The summed E-state index contributed by atoms with van der Waals surface area (Å²) in [6, 6.07) is 13.4. The van der Waals surface area contributed by atoms with Gasteiger partial charge in [0.05, 0.1) is 0 Å². The van der Waals surface area contributed by atoms with Crippen LogP contribution in [0, 0.1) is 6.92 Å². The van der Waals surface area contributed by atoms with Gasteiger partial charge in [-0.15, -0.1) is 0 Å². The summed E-state index contributed by atoms with van der Waals surface area (Å²) in [5.74, 6) is 1.30. The Bertz CT molecular complexity index is 963. The highest BCUT2D eigenvalue weighted by Crippen LogP contribution is 2.31. The summed E-state index contributed by atoms with van der Waals surface area (Å²) in [5, 5.41) is 3.05. The molecule has 1 aliphatic rings. The van der Waals surface area contributed by atoms with Crippen LogP contribution in [0.2, 0.25) is 0 Å². The van der Waals surface area contributed by atoms with Crippen LogP contribution < -0.4 is 14.8 Å². The Balaban J connectivity index is 1.77. The quantitative estimate of drug-likeness (QED) is 0.644. The van der Waals surface area contributed by atoms with E-state index >= 15 is 0 Å². The first-order valence-corrected chi connectivity index (χ1v) is 11.7. The first kappa shape index (κ1) is 24.6. The number of carbonyl (C=O) groups is 2. The molecular formula is C27H36N2O4. The fraction of sp³-hybridized carbons (Fsp3) is 0.481. The first-order valence-electron chi connectivity index (χ1n) is 11.7. The molecule has 0 spiro atoms. The lowest BCUT2D eigenvalue weighted by Gasteiger charge is -2.33. The minimum absolute atomic E-state index is 0.0404. The van der Waals surface area contributed by atoms with Gasteiger partial charge in [0, 0.05) is 18.5 Å². The van der Waals surface area contributed by atoms with Crippen molar-refractivity contribution in [2.75, 3.05) is 13.2 Å². The van der Waals surface area contributed by atoms with Gasteiger partial charge in [-0.3, -0.25) is 9.59 Å². The van der Waals surface area contributed by atoms with Gasteiger partial charge in [-0.2, -0.15) is 0 Å². The minimum atomic E-state index is -0.529. The van der Waals surface area contributed by atoms with Gasteiger partial charge < -0.3 is 19.7 Å². The standard InChI is InChI=1S/C27H36N2O4/c1-6-22(26(31)28-27(3,4)5)29(18-21-9-7-19(2)8-10-21)25(30)14-12-20-11-13-23-24(17-20)33-16-15-32-23/h7-11,13,17,22H,6,12,14-16,18H2,1-5H3,(H,28,31). The van der Waals surface area contributed by atoms with E-state index < -0.39 is 6.04 Å². The number of hydrogen-bond acceptors (Lipinski definition) is 4. The molecule has 2 amide bonds. The molecule has 1 aliphatic heterocycles. The second-order valence-electron chi connectivity index (χ2n) is 9.65. The third-order valence-electron chi connectivity index (χ3n) is 5.59. The van der Waals surface area contributed by atoms with E-state index in [4.69, 9.17) is 9.47 Å². The van der Waals surface area contributed by atoms with Gasteiger partial charge in [0.15, 0.2) is 11.5 Å². The second-order valence-corrected chi connectivity index (χ2v) is 9.65. The molecule has 1 atom stereocenters. The maximum Gasteiger partial charge on any atom is 0.243 e. The molecule has 33 heavy (non-hydrogen) atoms. The summed E-state index contributed by atoms with van der Waals surface area (Å²) in [4.78, 5) is 28.2. The number of nitrogens with zero attached hydrogens (tertiary/aromatic N) is 1. The summed E-state index contributed by atoms with van der Waals surface area (Å²) < 4.78 is 11.3. The second kappa shape index (κ2) is 10.7. The SMILES string of the molecule is CCC(C(=O)NC(C)(C)C)N(Cc1ccc(C)cc1)C(=O)CCc1ccc2c(c1)OCCO2. The number of fused-ring (bicyclic) bond motifs is 1. The first-order chi connectivity index (χ1) is 15.7. The van der Waals surface area contributed by atoms with Gasteiger partial charge in [-0.1, -0.05) is 42.8 Å². The van der Waals surface area contributed by atoms with E-state index in [9.17, 15) is 9.59 Å². The van der Waals surface area contributed by atoms with Crippen molar-refractivity contribution in [1.82, 2.24) is 10.2 Å². The van der Waals surface area contributed by atoms with E-state index in [1.807, 2.05) is 77.1 Å². The highest BCUT2D eigenvalue weighted by atomic mass is 16.6. The molecule has 3 rings (SSSR count). The Kier molecular flexibility index (Phi) is 8.01. The van der Waals surface area contributed by atoms with Crippen LogP contribution in [0.15, 0.2) is 42.5 Å². The van der Waals surface area contributed by atoms with Crippen LogP contribution in [0.4, 0.5) is 0 Å². The van der Waals surface area contributed by atoms with Crippen LogP contribution in [-0.2, 0) is 22.6 Å². The molecule has 6 heteroatoms. The molecule has 0 radical (unpaired) electrons. The van der Waals surface area contributed by atoms with Crippen LogP contribution in [0.1, 0.15) is 57.2 Å².